The summed E-state index contributed by atoms with van der Waals surface area (Å²) < 4.78 is 11.4. The van der Waals surface area contributed by atoms with Gasteiger partial charge >= 0.3 is 0 Å². The summed E-state index contributed by atoms with van der Waals surface area (Å²) in [6, 6.07) is 6.30. The molecule has 24 heavy (non-hydrogen) atoms. The van der Waals surface area contributed by atoms with Crippen molar-refractivity contribution in [2.45, 2.75) is 31.1 Å². The number of guanidine groups is 1. The highest BCUT2D eigenvalue weighted by Gasteiger charge is 2.36. The van der Waals surface area contributed by atoms with E-state index in [9.17, 15) is 0 Å². The van der Waals surface area contributed by atoms with Crippen LogP contribution in [-0.2, 0) is 5.41 Å². The Balaban J connectivity index is 0.00000208. The third-order valence-corrected chi connectivity index (χ3v) is 4.69. The Morgan fingerprint density at radius 1 is 1.25 bits per heavy atom. The summed E-state index contributed by atoms with van der Waals surface area (Å²) in [7, 11) is 0. The van der Waals surface area contributed by atoms with Gasteiger partial charge in [0.05, 0.1) is 6.54 Å². The van der Waals surface area contributed by atoms with Gasteiger partial charge in [0.1, 0.15) is 13.2 Å². The van der Waals surface area contributed by atoms with E-state index in [0.29, 0.717) is 32.3 Å². The summed E-state index contributed by atoms with van der Waals surface area (Å²) in [6.45, 7) is 6.23. The molecule has 1 aliphatic heterocycles. The molecule has 0 bridgehead atoms. The summed E-state index contributed by atoms with van der Waals surface area (Å²) in [4.78, 5) is 4.57. The van der Waals surface area contributed by atoms with Crippen LogP contribution in [-0.4, -0.2) is 32.3 Å². The lowest BCUT2D eigenvalue weighted by Crippen LogP contribution is -2.34. The molecule has 5 nitrogen and oxygen atoms in total. The number of hydrogen-bond donors (Lipinski definition) is 2. The first-order chi connectivity index (χ1) is 11.2. The number of nitrogens with one attached hydrogen (secondary N) is 1. The SMILES string of the molecule is C=CCNC(N)=NCC1(c2ccc3c(c2)OCCO3)CCCC1.I. The average Bonchev–Trinajstić information content (AvgIpc) is 3.08. The van der Waals surface area contributed by atoms with Gasteiger partial charge in [-0.3, -0.25) is 4.99 Å². The molecule has 1 aromatic carbocycles. The van der Waals surface area contributed by atoms with Crippen molar-refractivity contribution in [2.24, 2.45) is 10.7 Å². The smallest absolute Gasteiger partial charge is 0.188 e. The zero-order valence-electron chi connectivity index (χ0n) is 13.9. The van der Waals surface area contributed by atoms with Crippen LogP contribution in [0.25, 0.3) is 0 Å². The summed E-state index contributed by atoms with van der Waals surface area (Å²) in [5, 5.41) is 3.04. The van der Waals surface area contributed by atoms with Crippen molar-refractivity contribution in [3.63, 3.8) is 0 Å². The lowest BCUT2D eigenvalue weighted by molar-refractivity contribution is 0.171. The molecule has 2 aliphatic rings. The van der Waals surface area contributed by atoms with Crippen LogP contribution in [0.2, 0.25) is 0 Å². The number of nitrogens with two attached hydrogens (primary N) is 1. The average molecular weight is 443 g/mol. The van der Waals surface area contributed by atoms with Gasteiger partial charge in [-0.25, -0.2) is 0 Å². The van der Waals surface area contributed by atoms with E-state index in [-0.39, 0.29) is 29.4 Å². The largest absolute Gasteiger partial charge is 0.486 e. The van der Waals surface area contributed by atoms with Crippen molar-refractivity contribution in [3.05, 3.63) is 36.4 Å². The topological polar surface area (TPSA) is 68.9 Å². The lowest BCUT2D eigenvalue weighted by Gasteiger charge is -2.29. The highest BCUT2D eigenvalue weighted by Crippen LogP contribution is 2.44. The van der Waals surface area contributed by atoms with Crippen LogP contribution in [0.15, 0.2) is 35.8 Å². The number of hydrogen-bond acceptors (Lipinski definition) is 3. The molecular formula is C18H26IN3O2. The van der Waals surface area contributed by atoms with E-state index in [1.165, 1.54) is 18.4 Å². The normalized spacial score (nSPS) is 18.6. The number of aliphatic imine (C=N–C) groups is 1. The van der Waals surface area contributed by atoms with Crippen molar-refractivity contribution in [2.75, 3.05) is 26.3 Å². The summed E-state index contributed by atoms with van der Waals surface area (Å²) >= 11 is 0. The lowest BCUT2D eigenvalue weighted by atomic mass is 9.79. The number of nitrogens with zero attached hydrogens (tertiary/aromatic N) is 1. The zero-order valence-corrected chi connectivity index (χ0v) is 16.3. The molecule has 0 radical (unpaired) electrons. The van der Waals surface area contributed by atoms with E-state index >= 15 is 0 Å². The molecule has 0 amide bonds. The Hall–Kier alpha value is -1.44. The molecule has 0 saturated heterocycles. The second-order valence-corrected chi connectivity index (χ2v) is 6.22. The quantitative estimate of drug-likeness (QED) is 0.318. The van der Waals surface area contributed by atoms with Gasteiger partial charge < -0.3 is 20.5 Å². The molecule has 0 spiro atoms. The highest BCUT2D eigenvalue weighted by atomic mass is 127. The van der Waals surface area contributed by atoms with Crippen LogP contribution in [0.4, 0.5) is 0 Å². The van der Waals surface area contributed by atoms with E-state index in [2.05, 4.69) is 29.0 Å². The predicted octanol–water partition coefficient (Wildman–Crippen LogP) is 2.98. The summed E-state index contributed by atoms with van der Waals surface area (Å²) in [5.41, 5.74) is 7.26. The minimum absolute atomic E-state index is 0. The zero-order chi connectivity index (χ0) is 16.1. The maximum atomic E-state index is 5.93. The fourth-order valence-electron chi connectivity index (χ4n) is 3.43. The van der Waals surface area contributed by atoms with Crippen LogP contribution in [0, 0.1) is 0 Å². The molecule has 1 saturated carbocycles. The van der Waals surface area contributed by atoms with Crippen LogP contribution in [0.1, 0.15) is 31.2 Å². The highest BCUT2D eigenvalue weighted by molar-refractivity contribution is 14.0. The Bertz CT molecular complexity index is 598. The number of ether oxygens (including phenoxy) is 2. The second-order valence-electron chi connectivity index (χ2n) is 6.22. The summed E-state index contributed by atoms with van der Waals surface area (Å²) in [5.74, 6) is 2.17. The minimum Gasteiger partial charge on any atom is -0.486 e. The summed E-state index contributed by atoms with van der Waals surface area (Å²) in [6.07, 6.45) is 6.48. The van der Waals surface area contributed by atoms with Gasteiger partial charge in [0.25, 0.3) is 0 Å². The van der Waals surface area contributed by atoms with E-state index in [1.807, 2.05) is 6.07 Å². The first kappa shape index (κ1) is 18.9. The van der Waals surface area contributed by atoms with E-state index in [4.69, 9.17) is 15.2 Å². The minimum atomic E-state index is 0. The van der Waals surface area contributed by atoms with Crippen molar-refractivity contribution in [1.29, 1.82) is 0 Å². The molecule has 0 atom stereocenters. The number of rotatable bonds is 5. The second kappa shape index (κ2) is 8.60. The van der Waals surface area contributed by atoms with Crippen molar-refractivity contribution < 1.29 is 9.47 Å². The van der Waals surface area contributed by atoms with E-state index in [1.54, 1.807) is 6.08 Å². The van der Waals surface area contributed by atoms with Crippen LogP contribution >= 0.6 is 24.0 Å². The molecule has 0 aromatic heterocycles. The third kappa shape index (κ3) is 4.15. The van der Waals surface area contributed by atoms with Crippen LogP contribution < -0.4 is 20.5 Å². The number of fused-ring (bicyclic) bond motifs is 1. The first-order valence-corrected chi connectivity index (χ1v) is 8.28. The monoisotopic (exact) mass is 443 g/mol. The molecule has 6 heteroatoms. The van der Waals surface area contributed by atoms with Gasteiger partial charge in [0.2, 0.25) is 0 Å². The van der Waals surface area contributed by atoms with Crippen molar-refractivity contribution in [3.8, 4) is 11.5 Å². The Morgan fingerprint density at radius 2 is 1.96 bits per heavy atom. The van der Waals surface area contributed by atoms with E-state index in [0.717, 1.165) is 24.3 Å². The van der Waals surface area contributed by atoms with Gasteiger partial charge in [0.15, 0.2) is 17.5 Å². The van der Waals surface area contributed by atoms with Gasteiger partial charge in [-0.2, -0.15) is 0 Å². The molecule has 3 N–H and O–H groups in total. The Labute approximate surface area is 160 Å². The van der Waals surface area contributed by atoms with Crippen LogP contribution in [0.5, 0.6) is 11.5 Å². The van der Waals surface area contributed by atoms with Gasteiger partial charge in [-0.15, -0.1) is 30.6 Å². The Morgan fingerprint density at radius 3 is 2.67 bits per heavy atom. The van der Waals surface area contributed by atoms with Gasteiger partial charge in [0, 0.05) is 12.0 Å². The molecular weight excluding hydrogens is 417 g/mol. The fourth-order valence-corrected chi connectivity index (χ4v) is 3.43. The molecule has 3 rings (SSSR count). The number of benzene rings is 1. The third-order valence-electron chi connectivity index (χ3n) is 4.69. The maximum Gasteiger partial charge on any atom is 0.188 e. The predicted molar refractivity (Wildman–Crippen MR) is 108 cm³/mol. The van der Waals surface area contributed by atoms with Gasteiger partial charge in [-0.1, -0.05) is 25.0 Å². The number of halogens is 1. The van der Waals surface area contributed by atoms with Crippen molar-refractivity contribution >= 4 is 29.9 Å². The fraction of sp³-hybridized carbons (Fsp3) is 0.500. The molecule has 1 aliphatic carbocycles. The molecule has 0 unspecified atom stereocenters. The Kier molecular flexibility index (Phi) is 6.77. The van der Waals surface area contributed by atoms with Crippen molar-refractivity contribution in [1.82, 2.24) is 5.32 Å². The van der Waals surface area contributed by atoms with Gasteiger partial charge in [-0.05, 0) is 30.5 Å². The molecule has 1 aromatic rings. The van der Waals surface area contributed by atoms with E-state index < -0.39 is 0 Å². The molecule has 132 valence electrons. The molecule has 1 fully saturated rings. The first-order valence-electron chi connectivity index (χ1n) is 8.28. The molecule has 1 heterocycles. The van der Waals surface area contributed by atoms with Crippen LogP contribution in [0.3, 0.4) is 0 Å². The standard InChI is InChI=1S/C18H25N3O2.HI/c1-2-9-20-17(19)21-13-18(7-3-4-8-18)14-5-6-15-16(12-14)23-11-10-22-15;/h2,5-6,12H,1,3-4,7-11,13H2,(H3,19,20,21);1H. The maximum absolute atomic E-state index is 5.93.